The van der Waals surface area contributed by atoms with Crippen LogP contribution in [-0.4, -0.2) is 39.6 Å². The summed E-state index contributed by atoms with van der Waals surface area (Å²) in [5, 5.41) is 1.63. The SMILES string of the molecule is CN(C)c1ccc(/C=C2\C(=O)c3sccc3S(=O)(=O)N2C)cc1. The van der Waals surface area contributed by atoms with Gasteiger partial charge >= 0.3 is 0 Å². The van der Waals surface area contributed by atoms with Crippen LogP contribution < -0.4 is 4.90 Å². The molecule has 1 aromatic carbocycles. The summed E-state index contributed by atoms with van der Waals surface area (Å²) in [5.41, 5.74) is 1.97. The van der Waals surface area contributed by atoms with Crippen LogP contribution in [0, 0.1) is 0 Å². The van der Waals surface area contributed by atoms with E-state index >= 15 is 0 Å². The van der Waals surface area contributed by atoms with Gasteiger partial charge in [-0.05, 0) is 35.2 Å². The van der Waals surface area contributed by atoms with Gasteiger partial charge in [0.25, 0.3) is 10.0 Å². The summed E-state index contributed by atoms with van der Waals surface area (Å²) in [6, 6.07) is 9.04. The van der Waals surface area contributed by atoms with Gasteiger partial charge in [0, 0.05) is 26.8 Å². The molecular weight excluding hydrogens is 332 g/mol. The molecule has 0 unspecified atom stereocenters. The number of ketones is 1. The Bertz CT molecular complexity index is 894. The number of fused-ring (bicyclic) bond motifs is 1. The minimum atomic E-state index is -3.65. The van der Waals surface area contributed by atoms with Crippen molar-refractivity contribution in [2.45, 2.75) is 4.90 Å². The van der Waals surface area contributed by atoms with E-state index in [-0.39, 0.29) is 21.3 Å². The van der Waals surface area contributed by atoms with Gasteiger partial charge in [-0.1, -0.05) is 12.1 Å². The zero-order valence-electron chi connectivity index (χ0n) is 13.0. The molecule has 3 rings (SSSR count). The summed E-state index contributed by atoms with van der Waals surface area (Å²) in [6.45, 7) is 0. The molecule has 0 amide bonds. The molecule has 0 saturated carbocycles. The highest BCUT2D eigenvalue weighted by Crippen LogP contribution is 2.35. The quantitative estimate of drug-likeness (QED) is 0.783. The fourth-order valence-corrected chi connectivity index (χ4v) is 4.92. The Labute approximate surface area is 139 Å². The lowest BCUT2D eigenvalue weighted by Crippen LogP contribution is -2.35. The van der Waals surface area contributed by atoms with Gasteiger partial charge in [0.05, 0.1) is 4.88 Å². The van der Waals surface area contributed by atoms with Gasteiger partial charge in [-0.25, -0.2) is 8.42 Å². The first-order valence-electron chi connectivity index (χ1n) is 6.92. The molecule has 0 saturated heterocycles. The van der Waals surface area contributed by atoms with Crippen LogP contribution in [0.25, 0.3) is 6.08 Å². The van der Waals surface area contributed by atoms with Crippen LogP contribution >= 0.6 is 11.3 Å². The standard InChI is InChI=1S/C16H16N2O3S2/c1-17(2)12-6-4-11(5-7-12)10-13-15(19)16-14(8-9-22-16)23(20,21)18(13)3/h4-10H,1-3H3/b13-10+. The fraction of sp³-hybridized carbons (Fsp3) is 0.188. The van der Waals surface area contributed by atoms with E-state index in [0.717, 1.165) is 26.9 Å². The first-order valence-corrected chi connectivity index (χ1v) is 9.24. The molecule has 2 aromatic rings. The van der Waals surface area contributed by atoms with Gasteiger partial charge in [0.2, 0.25) is 5.78 Å². The van der Waals surface area contributed by atoms with E-state index < -0.39 is 10.0 Å². The third-order valence-electron chi connectivity index (χ3n) is 3.76. The third-order valence-corrected chi connectivity index (χ3v) is 6.61. The lowest BCUT2D eigenvalue weighted by molar-refractivity contribution is 0.101. The van der Waals surface area contributed by atoms with E-state index in [2.05, 4.69) is 0 Å². The van der Waals surface area contributed by atoms with Crippen molar-refractivity contribution in [3.8, 4) is 0 Å². The Morgan fingerprint density at radius 1 is 1.13 bits per heavy atom. The second-order valence-corrected chi connectivity index (χ2v) is 8.28. The number of allylic oxidation sites excluding steroid dienone is 1. The van der Waals surface area contributed by atoms with E-state index in [4.69, 9.17) is 0 Å². The monoisotopic (exact) mass is 348 g/mol. The summed E-state index contributed by atoms with van der Waals surface area (Å²) >= 11 is 1.16. The van der Waals surface area contributed by atoms with E-state index in [1.54, 1.807) is 11.5 Å². The second kappa shape index (κ2) is 5.50. The van der Waals surface area contributed by atoms with E-state index in [0.29, 0.717) is 0 Å². The number of carbonyl (C=O) groups excluding carboxylic acids is 1. The minimum Gasteiger partial charge on any atom is -0.378 e. The lowest BCUT2D eigenvalue weighted by Gasteiger charge is -2.26. The molecule has 7 heteroatoms. The smallest absolute Gasteiger partial charge is 0.265 e. The summed E-state index contributed by atoms with van der Waals surface area (Å²) < 4.78 is 26.0. The van der Waals surface area contributed by atoms with Crippen LogP contribution in [0.5, 0.6) is 0 Å². The van der Waals surface area contributed by atoms with Crippen LogP contribution in [0.1, 0.15) is 15.2 Å². The van der Waals surface area contributed by atoms with Crippen molar-refractivity contribution in [3.63, 3.8) is 0 Å². The first kappa shape index (κ1) is 15.8. The summed E-state index contributed by atoms with van der Waals surface area (Å²) in [4.78, 5) is 14.9. The topological polar surface area (TPSA) is 57.7 Å². The number of thiophene rings is 1. The predicted molar refractivity (Wildman–Crippen MR) is 92.3 cm³/mol. The lowest BCUT2D eigenvalue weighted by atomic mass is 10.1. The molecule has 5 nitrogen and oxygen atoms in total. The van der Waals surface area contributed by atoms with Gasteiger partial charge < -0.3 is 4.90 Å². The van der Waals surface area contributed by atoms with Crippen molar-refractivity contribution >= 4 is 38.9 Å². The number of nitrogens with zero attached hydrogens (tertiary/aromatic N) is 2. The molecule has 0 aliphatic carbocycles. The number of likely N-dealkylation sites (N-methyl/N-ethyl adjacent to an activating group) is 1. The van der Waals surface area contributed by atoms with Crippen LogP contribution in [0.3, 0.4) is 0 Å². The molecule has 1 aliphatic heterocycles. The number of rotatable bonds is 2. The zero-order chi connectivity index (χ0) is 16.8. The molecule has 0 radical (unpaired) electrons. The molecule has 23 heavy (non-hydrogen) atoms. The Morgan fingerprint density at radius 3 is 2.39 bits per heavy atom. The average Bonchev–Trinajstić information content (AvgIpc) is 3.01. The number of hydrogen-bond donors (Lipinski definition) is 0. The maximum Gasteiger partial charge on any atom is 0.265 e. The van der Waals surface area contributed by atoms with Crippen molar-refractivity contribution in [1.29, 1.82) is 0 Å². The van der Waals surface area contributed by atoms with Gasteiger partial charge in [0.15, 0.2) is 0 Å². The number of hydrogen-bond acceptors (Lipinski definition) is 5. The number of sulfonamides is 1. The third kappa shape index (κ3) is 2.55. The van der Waals surface area contributed by atoms with Crippen molar-refractivity contribution in [2.75, 3.05) is 26.0 Å². The molecular formula is C16H16N2O3S2. The molecule has 0 atom stereocenters. The summed E-state index contributed by atoms with van der Waals surface area (Å²) in [7, 11) is 1.64. The predicted octanol–water partition coefficient (Wildman–Crippen LogP) is 2.67. The molecule has 0 N–H and O–H groups in total. The van der Waals surface area contributed by atoms with Crippen LogP contribution in [0.15, 0.2) is 46.3 Å². The number of carbonyl (C=O) groups is 1. The van der Waals surface area contributed by atoms with Gasteiger partial charge in [-0.3, -0.25) is 9.10 Å². The number of benzene rings is 1. The highest BCUT2D eigenvalue weighted by Gasteiger charge is 2.38. The molecule has 1 aliphatic rings. The van der Waals surface area contributed by atoms with E-state index in [1.165, 1.54) is 13.1 Å². The van der Waals surface area contributed by atoms with Gasteiger partial charge in [-0.2, -0.15) is 0 Å². The Balaban J connectivity index is 2.07. The van der Waals surface area contributed by atoms with Gasteiger partial charge in [0.1, 0.15) is 10.6 Å². The minimum absolute atomic E-state index is 0.0927. The second-order valence-electron chi connectivity index (χ2n) is 5.43. The van der Waals surface area contributed by atoms with Crippen molar-refractivity contribution in [2.24, 2.45) is 0 Å². The molecule has 1 aromatic heterocycles. The van der Waals surface area contributed by atoms with Crippen molar-refractivity contribution in [3.05, 3.63) is 51.8 Å². The van der Waals surface area contributed by atoms with Crippen LogP contribution in [0.2, 0.25) is 0 Å². The average molecular weight is 348 g/mol. The van der Waals surface area contributed by atoms with Gasteiger partial charge in [-0.15, -0.1) is 11.3 Å². The Kier molecular flexibility index (Phi) is 3.77. The van der Waals surface area contributed by atoms with E-state index in [9.17, 15) is 13.2 Å². The van der Waals surface area contributed by atoms with Crippen LogP contribution in [-0.2, 0) is 10.0 Å². The maximum atomic E-state index is 12.6. The maximum absolute atomic E-state index is 12.6. The largest absolute Gasteiger partial charge is 0.378 e. The highest BCUT2D eigenvalue weighted by molar-refractivity contribution is 7.89. The number of Topliss-reactive ketones (excluding diaryl/α,β-unsaturated/α-hetero) is 1. The molecule has 0 fully saturated rings. The molecule has 2 heterocycles. The van der Waals surface area contributed by atoms with E-state index in [1.807, 2.05) is 43.3 Å². The zero-order valence-corrected chi connectivity index (χ0v) is 14.6. The van der Waals surface area contributed by atoms with Crippen molar-refractivity contribution in [1.82, 2.24) is 4.31 Å². The highest BCUT2D eigenvalue weighted by atomic mass is 32.2. The Morgan fingerprint density at radius 2 is 1.78 bits per heavy atom. The normalized spacial score (nSPS) is 18.1. The van der Waals surface area contributed by atoms with Crippen LogP contribution in [0.4, 0.5) is 5.69 Å². The van der Waals surface area contributed by atoms with Crippen molar-refractivity contribution < 1.29 is 13.2 Å². The first-order chi connectivity index (χ1) is 10.8. The molecule has 0 bridgehead atoms. The molecule has 0 spiro atoms. The number of anilines is 1. The summed E-state index contributed by atoms with van der Waals surface area (Å²) in [5.74, 6) is -0.260. The fourth-order valence-electron chi connectivity index (χ4n) is 2.39. The Hall–Kier alpha value is -2.12. The summed E-state index contributed by atoms with van der Waals surface area (Å²) in [6.07, 6.45) is 1.61. The molecule has 120 valence electrons.